The molecule has 4 rings (SSSR count). The predicted octanol–water partition coefficient (Wildman–Crippen LogP) is 2.88. The highest BCUT2D eigenvalue weighted by molar-refractivity contribution is 6.22. The van der Waals surface area contributed by atoms with Crippen molar-refractivity contribution < 1.29 is 38.2 Å². The summed E-state index contributed by atoms with van der Waals surface area (Å²) in [7, 11) is 0. The third-order valence-electron chi connectivity index (χ3n) is 6.03. The molecule has 0 saturated heterocycles. The van der Waals surface area contributed by atoms with Crippen molar-refractivity contribution in [3.8, 4) is 0 Å². The third-order valence-corrected chi connectivity index (χ3v) is 6.03. The number of esters is 2. The van der Waals surface area contributed by atoms with Crippen LogP contribution in [0.5, 0.6) is 0 Å². The van der Waals surface area contributed by atoms with E-state index in [1.54, 1.807) is 37.3 Å². The van der Waals surface area contributed by atoms with Gasteiger partial charge in [0.15, 0.2) is 13.2 Å². The molecule has 0 saturated carbocycles. The van der Waals surface area contributed by atoms with Gasteiger partial charge in [0.2, 0.25) is 0 Å². The van der Waals surface area contributed by atoms with Crippen molar-refractivity contribution in [2.75, 3.05) is 30.4 Å². The van der Waals surface area contributed by atoms with Crippen LogP contribution in [0.3, 0.4) is 0 Å². The number of carbonyl (C=O) groups excluding carboxylic acids is 6. The van der Waals surface area contributed by atoms with Crippen molar-refractivity contribution in [3.05, 3.63) is 94.5 Å². The second-order valence-electron chi connectivity index (χ2n) is 8.92. The Morgan fingerprint density at radius 1 is 0.700 bits per heavy atom. The lowest BCUT2D eigenvalue weighted by atomic mass is 10.1. The molecule has 1 aliphatic heterocycles. The van der Waals surface area contributed by atoms with Crippen LogP contribution >= 0.6 is 0 Å². The first-order chi connectivity index (χ1) is 19.1. The number of nitrogens with one attached hydrogen (secondary N) is 2. The second-order valence-corrected chi connectivity index (χ2v) is 8.92. The van der Waals surface area contributed by atoms with E-state index in [0.717, 1.165) is 17.2 Å². The highest BCUT2D eigenvalue weighted by Gasteiger charge is 2.37. The van der Waals surface area contributed by atoms with Crippen molar-refractivity contribution in [1.29, 1.82) is 0 Å². The molecule has 0 unspecified atom stereocenters. The fourth-order valence-electron chi connectivity index (χ4n) is 3.90. The number of nitrogens with zero attached hydrogens (tertiary/aromatic N) is 1. The highest BCUT2D eigenvalue weighted by Crippen LogP contribution is 2.24. The molecule has 1 heterocycles. The van der Waals surface area contributed by atoms with Crippen molar-refractivity contribution in [3.63, 3.8) is 0 Å². The molecule has 4 amide bonds. The van der Waals surface area contributed by atoms with Crippen LogP contribution in [0.25, 0.3) is 0 Å². The smallest absolute Gasteiger partial charge is 0.338 e. The summed E-state index contributed by atoms with van der Waals surface area (Å²) in [6.45, 7) is 1.73. The summed E-state index contributed by atoms with van der Waals surface area (Å²) < 4.78 is 9.98. The number of fused-ring (bicyclic) bond motifs is 1. The van der Waals surface area contributed by atoms with Crippen LogP contribution in [-0.2, 0) is 23.9 Å². The van der Waals surface area contributed by atoms with Crippen LogP contribution in [0.15, 0.2) is 66.7 Å². The van der Waals surface area contributed by atoms with Crippen LogP contribution in [0.1, 0.15) is 42.2 Å². The fraction of sp³-hybridized carbons (Fsp3) is 0.172. The van der Waals surface area contributed by atoms with E-state index in [4.69, 9.17) is 9.47 Å². The van der Waals surface area contributed by atoms with Gasteiger partial charge in [0.1, 0.15) is 6.54 Å². The monoisotopic (exact) mass is 543 g/mol. The van der Waals surface area contributed by atoms with Crippen LogP contribution in [0, 0.1) is 13.8 Å². The topological polar surface area (TPSA) is 148 Å². The Hall–Kier alpha value is -5.32. The summed E-state index contributed by atoms with van der Waals surface area (Å²) in [5.74, 6) is -4.53. The number of anilines is 2. The lowest BCUT2D eigenvalue weighted by Gasteiger charge is -2.13. The number of ether oxygens (including phenoxy) is 2. The molecule has 0 fully saturated rings. The Kier molecular flexibility index (Phi) is 8.33. The molecule has 0 aromatic heterocycles. The standard InChI is InChI=1S/C29H25N3O8/c1-17-7-3-5-9-22(17)30-24(33)15-39-26(35)14-32-27(36)20-12-11-19(13-21(20)28(32)37)29(38)40-16-25(34)31-23-10-6-4-8-18(23)2/h3-13H,14-16H2,1-2H3,(H,30,33)(H,31,34). The van der Waals surface area contributed by atoms with Gasteiger partial charge in [0, 0.05) is 11.4 Å². The van der Waals surface area contributed by atoms with Gasteiger partial charge in [-0.25, -0.2) is 4.79 Å². The van der Waals surface area contributed by atoms with Crippen LogP contribution in [0.2, 0.25) is 0 Å². The van der Waals surface area contributed by atoms with Gasteiger partial charge in [0.25, 0.3) is 23.6 Å². The van der Waals surface area contributed by atoms with E-state index in [9.17, 15) is 28.8 Å². The first-order valence-electron chi connectivity index (χ1n) is 12.2. The van der Waals surface area contributed by atoms with Crippen molar-refractivity contribution in [2.45, 2.75) is 13.8 Å². The van der Waals surface area contributed by atoms with Crippen LogP contribution in [-0.4, -0.2) is 60.2 Å². The lowest BCUT2D eigenvalue weighted by Crippen LogP contribution is -2.36. The molecular formula is C29H25N3O8. The molecule has 3 aromatic rings. The lowest BCUT2D eigenvalue weighted by molar-refractivity contribution is -0.147. The average Bonchev–Trinajstić information content (AvgIpc) is 3.17. The Bertz CT molecular complexity index is 1530. The van der Waals surface area contributed by atoms with E-state index < -0.39 is 55.3 Å². The van der Waals surface area contributed by atoms with E-state index in [0.29, 0.717) is 16.3 Å². The first kappa shape index (κ1) is 27.7. The van der Waals surface area contributed by atoms with E-state index >= 15 is 0 Å². The number of imide groups is 1. The second kappa shape index (κ2) is 12.0. The Morgan fingerprint density at radius 3 is 1.80 bits per heavy atom. The summed E-state index contributed by atoms with van der Waals surface area (Å²) in [6, 6.07) is 17.9. The van der Waals surface area contributed by atoms with Gasteiger partial charge < -0.3 is 20.1 Å². The van der Waals surface area contributed by atoms with Crippen molar-refractivity contribution in [2.24, 2.45) is 0 Å². The van der Waals surface area contributed by atoms with Gasteiger partial charge in [-0.15, -0.1) is 0 Å². The minimum atomic E-state index is -0.964. The Labute approximate surface area is 229 Å². The quantitative estimate of drug-likeness (QED) is 0.309. The number of para-hydroxylation sites is 2. The zero-order valence-corrected chi connectivity index (χ0v) is 21.7. The summed E-state index contributed by atoms with van der Waals surface area (Å²) in [6.07, 6.45) is 0. The van der Waals surface area contributed by atoms with Crippen molar-refractivity contribution in [1.82, 2.24) is 4.90 Å². The molecule has 0 spiro atoms. The Morgan fingerprint density at radius 2 is 1.23 bits per heavy atom. The molecule has 3 aromatic carbocycles. The summed E-state index contributed by atoms with van der Waals surface area (Å²) in [4.78, 5) is 75.3. The van der Waals surface area contributed by atoms with E-state index in [-0.39, 0.29) is 16.7 Å². The number of hydrogen-bond donors (Lipinski definition) is 2. The normalized spacial score (nSPS) is 12.0. The molecule has 0 bridgehead atoms. The molecule has 0 aliphatic carbocycles. The predicted molar refractivity (Wildman–Crippen MR) is 143 cm³/mol. The van der Waals surface area contributed by atoms with Crippen LogP contribution < -0.4 is 10.6 Å². The molecule has 40 heavy (non-hydrogen) atoms. The van der Waals surface area contributed by atoms with E-state index in [2.05, 4.69) is 10.6 Å². The number of amides is 4. The maximum atomic E-state index is 12.8. The number of benzene rings is 3. The molecule has 11 nitrogen and oxygen atoms in total. The Balaban J connectivity index is 1.30. The summed E-state index contributed by atoms with van der Waals surface area (Å²) in [5.41, 5.74) is 2.63. The van der Waals surface area contributed by atoms with Gasteiger partial charge in [-0.3, -0.25) is 28.9 Å². The molecular weight excluding hydrogens is 518 g/mol. The molecule has 11 heteroatoms. The molecule has 2 N–H and O–H groups in total. The molecule has 1 aliphatic rings. The van der Waals surface area contributed by atoms with E-state index in [1.807, 2.05) is 25.1 Å². The zero-order chi connectivity index (χ0) is 28.8. The highest BCUT2D eigenvalue weighted by atomic mass is 16.5. The zero-order valence-electron chi connectivity index (χ0n) is 21.7. The van der Waals surface area contributed by atoms with Gasteiger partial charge in [-0.2, -0.15) is 0 Å². The largest absolute Gasteiger partial charge is 0.454 e. The fourth-order valence-corrected chi connectivity index (χ4v) is 3.90. The number of rotatable bonds is 9. The van der Waals surface area contributed by atoms with Crippen LogP contribution in [0.4, 0.5) is 11.4 Å². The van der Waals surface area contributed by atoms with Crippen molar-refractivity contribution >= 4 is 46.9 Å². The van der Waals surface area contributed by atoms with Gasteiger partial charge in [0.05, 0.1) is 16.7 Å². The van der Waals surface area contributed by atoms with Gasteiger partial charge >= 0.3 is 11.9 Å². The van der Waals surface area contributed by atoms with Gasteiger partial charge in [-0.05, 0) is 55.3 Å². The molecule has 0 atom stereocenters. The summed E-state index contributed by atoms with van der Waals surface area (Å²) >= 11 is 0. The van der Waals surface area contributed by atoms with E-state index in [1.165, 1.54) is 12.1 Å². The molecule has 204 valence electrons. The molecule has 0 radical (unpaired) electrons. The third kappa shape index (κ3) is 6.38. The minimum Gasteiger partial charge on any atom is -0.454 e. The average molecular weight is 544 g/mol. The maximum Gasteiger partial charge on any atom is 0.338 e. The SMILES string of the molecule is Cc1ccccc1NC(=O)COC(=O)CN1C(=O)c2ccc(C(=O)OCC(=O)Nc3ccccc3C)cc2C1=O. The minimum absolute atomic E-state index is 0.0102. The number of hydrogen-bond acceptors (Lipinski definition) is 8. The number of carbonyl (C=O) groups is 6. The maximum absolute atomic E-state index is 12.8. The first-order valence-corrected chi connectivity index (χ1v) is 12.2. The summed E-state index contributed by atoms with van der Waals surface area (Å²) in [5, 5.41) is 5.24. The van der Waals surface area contributed by atoms with Gasteiger partial charge in [-0.1, -0.05) is 36.4 Å². The number of aryl methyl sites for hydroxylation is 2.